The molecule has 0 saturated carbocycles. The van der Waals surface area contributed by atoms with Crippen molar-refractivity contribution in [3.05, 3.63) is 0 Å². The highest BCUT2D eigenvalue weighted by Crippen LogP contribution is 2.21. The number of nitrogens with zero attached hydrogens (tertiary/aromatic N) is 1. The number of carbonyl (C=O) groups is 2. The lowest BCUT2D eigenvalue weighted by atomic mass is 9.96. The van der Waals surface area contributed by atoms with E-state index in [1.807, 2.05) is 11.8 Å². The van der Waals surface area contributed by atoms with Crippen molar-refractivity contribution in [2.45, 2.75) is 39.2 Å². The lowest BCUT2D eigenvalue weighted by Gasteiger charge is -2.34. The van der Waals surface area contributed by atoms with Gasteiger partial charge < -0.3 is 9.84 Å². The van der Waals surface area contributed by atoms with Crippen molar-refractivity contribution in [2.24, 2.45) is 5.92 Å². The molecule has 1 fully saturated rings. The highest BCUT2D eigenvalue weighted by molar-refractivity contribution is 5.74. The Morgan fingerprint density at radius 1 is 1.47 bits per heavy atom. The second kappa shape index (κ2) is 6.59. The quantitative estimate of drug-likeness (QED) is 0.733. The van der Waals surface area contributed by atoms with E-state index in [2.05, 4.69) is 0 Å². The molecule has 0 radical (unpaired) electrons. The molecule has 1 rings (SSSR count). The summed E-state index contributed by atoms with van der Waals surface area (Å²) in [6, 6.07) is -0.479. The summed E-state index contributed by atoms with van der Waals surface area (Å²) >= 11 is 0. The van der Waals surface area contributed by atoms with E-state index in [0.717, 1.165) is 19.4 Å². The number of esters is 1. The van der Waals surface area contributed by atoms with Crippen LogP contribution in [0.4, 0.5) is 0 Å². The molecule has 5 heteroatoms. The van der Waals surface area contributed by atoms with Crippen LogP contribution in [0.2, 0.25) is 0 Å². The Labute approximate surface area is 102 Å². The largest absolute Gasteiger partial charge is 0.480 e. The molecule has 1 aliphatic heterocycles. The Balaban J connectivity index is 2.59. The maximum Gasteiger partial charge on any atom is 0.320 e. The van der Waals surface area contributed by atoms with Crippen molar-refractivity contribution >= 4 is 11.9 Å². The number of piperidine rings is 1. The summed E-state index contributed by atoms with van der Waals surface area (Å²) in [5.41, 5.74) is 0. The topological polar surface area (TPSA) is 66.8 Å². The summed E-state index contributed by atoms with van der Waals surface area (Å²) in [5, 5.41) is 9.10. The van der Waals surface area contributed by atoms with Gasteiger partial charge in [0.15, 0.2) is 0 Å². The number of likely N-dealkylation sites (tertiary alicyclic amines) is 1. The molecule has 0 bridgehead atoms. The monoisotopic (exact) mass is 243 g/mol. The first kappa shape index (κ1) is 14.0. The van der Waals surface area contributed by atoms with Gasteiger partial charge in [-0.2, -0.15) is 0 Å². The fourth-order valence-electron chi connectivity index (χ4n) is 2.33. The van der Waals surface area contributed by atoms with Crippen molar-refractivity contribution in [1.29, 1.82) is 0 Å². The van der Waals surface area contributed by atoms with E-state index in [-0.39, 0.29) is 11.9 Å². The Hall–Kier alpha value is -1.10. The number of hydrogen-bond donors (Lipinski definition) is 1. The zero-order valence-corrected chi connectivity index (χ0v) is 10.5. The first-order chi connectivity index (χ1) is 8.10. The highest BCUT2D eigenvalue weighted by Gasteiger charge is 2.32. The van der Waals surface area contributed by atoms with Crippen molar-refractivity contribution in [3.8, 4) is 0 Å². The molecule has 0 aromatic carbocycles. The summed E-state index contributed by atoms with van der Waals surface area (Å²) in [4.78, 5) is 24.6. The zero-order chi connectivity index (χ0) is 12.8. The molecule has 0 spiro atoms. The van der Waals surface area contributed by atoms with Crippen molar-refractivity contribution in [3.63, 3.8) is 0 Å². The molecular weight excluding hydrogens is 222 g/mol. The minimum absolute atomic E-state index is 0.169. The maximum absolute atomic E-state index is 11.6. The maximum atomic E-state index is 11.6. The first-order valence-electron chi connectivity index (χ1n) is 6.23. The van der Waals surface area contributed by atoms with Gasteiger partial charge in [0.1, 0.15) is 6.04 Å². The summed E-state index contributed by atoms with van der Waals surface area (Å²) in [7, 11) is 0. The molecule has 0 aliphatic carbocycles. The van der Waals surface area contributed by atoms with Gasteiger partial charge in [0.2, 0.25) is 0 Å². The van der Waals surface area contributed by atoms with E-state index < -0.39 is 12.0 Å². The van der Waals surface area contributed by atoms with Gasteiger partial charge in [0.05, 0.1) is 12.5 Å². The molecule has 1 N–H and O–H groups in total. The van der Waals surface area contributed by atoms with E-state index in [1.165, 1.54) is 0 Å². The molecular formula is C12H21NO4. The fourth-order valence-corrected chi connectivity index (χ4v) is 2.33. The first-order valence-corrected chi connectivity index (χ1v) is 6.23. The third-order valence-electron chi connectivity index (χ3n) is 3.19. The van der Waals surface area contributed by atoms with Crippen LogP contribution in [0.25, 0.3) is 0 Å². The number of aliphatic carboxylic acids is 1. The number of carbonyl (C=O) groups excluding carboxylic acids is 1. The van der Waals surface area contributed by atoms with Gasteiger partial charge in [-0.15, -0.1) is 0 Å². The fraction of sp³-hybridized carbons (Fsp3) is 0.833. The number of carboxylic acid groups (broad SMARTS) is 1. The van der Waals surface area contributed by atoms with Gasteiger partial charge in [-0.1, -0.05) is 6.92 Å². The van der Waals surface area contributed by atoms with Crippen molar-refractivity contribution in [1.82, 2.24) is 4.90 Å². The molecule has 0 amide bonds. The van der Waals surface area contributed by atoms with Crippen molar-refractivity contribution < 1.29 is 19.4 Å². The van der Waals surface area contributed by atoms with E-state index in [1.54, 1.807) is 6.92 Å². The smallest absolute Gasteiger partial charge is 0.320 e. The summed E-state index contributed by atoms with van der Waals surface area (Å²) in [6.07, 6.45) is 2.21. The van der Waals surface area contributed by atoms with Gasteiger partial charge in [0.25, 0.3) is 0 Å². The van der Waals surface area contributed by atoms with Crippen LogP contribution in [-0.4, -0.2) is 47.7 Å². The van der Waals surface area contributed by atoms with Crippen LogP contribution in [0.1, 0.15) is 33.1 Å². The lowest BCUT2D eigenvalue weighted by molar-refractivity contribution is -0.153. The highest BCUT2D eigenvalue weighted by atomic mass is 16.5. The van der Waals surface area contributed by atoms with Crippen LogP contribution in [-0.2, 0) is 14.3 Å². The molecule has 17 heavy (non-hydrogen) atoms. The minimum Gasteiger partial charge on any atom is -0.480 e. The second-order valence-electron chi connectivity index (χ2n) is 4.35. The third kappa shape index (κ3) is 3.70. The molecule has 2 atom stereocenters. The number of ether oxygens (including phenoxy) is 1. The molecule has 1 aliphatic rings. The zero-order valence-electron chi connectivity index (χ0n) is 10.5. The molecule has 0 aromatic rings. The van der Waals surface area contributed by atoms with Crippen LogP contribution >= 0.6 is 0 Å². The summed E-state index contributed by atoms with van der Waals surface area (Å²) in [5.74, 6) is -1.17. The van der Waals surface area contributed by atoms with Gasteiger partial charge in [-0.05, 0) is 32.7 Å². The Morgan fingerprint density at radius 3 is 2.71 bits per heavy atom. The Kier molecular flexibility index (Phi) is 5.41. The van der Waals surface area contributed by atoms with Crippen molar-refractivity contribution in [2.75, 3.05) is 19.7 Å². The van der Waals surface area contributed by atoms with Gasteiger partial charge in [0, 0.05) is 6.54 Å². The van der Waals surface area contributed by atoms with E-state index in [0.29, 0.717) is 19.6 Å². The average Bonchev–Trinajstić information content (AvgIpc) is 2.30. The van der Waals surface area contributed by atoms with E-state index in [4.69, 9.17) is 9.84 Å². The van der Waals surface area contributed by atoms with Crippen LogP contribution < -0.4 is 0 Å². The summed E-state index contributed by atoms with van der Waals surface area (Å²) in [6.45, 7) is 5.27. The Morgan fingerprint density at radius 2 is 2.18 bits per heavy atom. The van der Waals surface area contributed by atoms with Gasteiger partial charge in [-0.25, -0.2) is 0 Å². The minimum atomic E-state index is -0.808. The summed E-state index contributed by atoms with van der Waals surface area (Å²) < 4.78 is 4.99. The normalized spacial score (nSPS) is 23.1. The SMILES string of the molecule is CCOC(=O)C1CCCN(C(CC)C(=O)O)C1. The van der Waals surface area contributed by atoms with Crippen LogP contribution in [0.15, 0.2) is 0 Å². The molecule has 0 aromatic heterocycles. The van der Waals surface area contributed by atoms with Gasteiger partial charge in [-0.3, -0.25) is 14.5 Å². The second-order valence-corrected chi connectivity index (χ2v) is 4.35. The molecule has 98 valence electrons. The van der Waals surface area contributed by atoms with Gasteiger partial charge >= 0.3 is 11.9 Å². The molecule has 1 saturated heterocycles. The molecule has 2 unspecified atom stereocenters. The number of carboxylic acids is 1. The van der Waals surface area contributed by atoms with E-state index >= 15 is 0 Å². The lowest BCUT2D eigenvalue weighted by Crippen LogP contribution is -2.48. The molecule has 1 heterocycles. The molecule has 5 nitrogen and oxygen atoms in total. The predicted octanol–water partition coefficient (Wildman–Crippen LogP) is 1.12. The van der Waals surface area contributed by atoms with Crippen LogP contribution in [0, 0.1) is 5.92 Å². The number of hydrogen-bond acceptors (Lipinski definition) is 4. The van der Waals surface area contributed by atoms with Crippen LogP contribution in [0.5, 0.6) is 0 Å². The predicted molar refractivity (Wildman–Crippen MR) is 62.6 cm³/mol. The van der Waals surface area contributed by atoms with E-state index in [9.17, 15) is 9.59 Å². The average molecular weight is 243 g/mol. The van der Waals surface area contributed by atoms with Crippen LogP contribution in [0.3, 0.4) is 0 Å². The Bertz CT molecular complexity index is 280. The number of rotatable bonds is 5. The standard InChI is InChI=1S/C12H21NO4/c1-3-10(11(14)15)13-7-5-6-9(8-13)12(16)17-4-2/h9-10H,3-8H2,1-2H3,(H,14,15). The third-order valence-corrected chi connectivity index (χ3v) is 3.19.